The standard InChI is InChI=1S/C13H15N3O2/c17-11-8-4-3-7-10(11)12-15-16-13(18-12)14-9-5-1-2-6-9/h3-4,7-9,17H,1-2,5-6H2,(H,14,16). The van der Waals surface area contributed by atoms with Gasteiger partial charge >= 0.3 is 6.01 Å². The molecule has 1 aromatic heterocycles. The van der Waals surface area contributed by atoms with E-state index in [1.807, 2.05) is 6.07 Å². The molecule has 1 aromatic carbocycles. The molecule has 2 aromatic rings. The van der Waals surface area contributed by atoms with E-state index in [9.17, 15) is 5.11 Å². The third-order valence-electron chi connectivity index (χ3n) is 3.24. The molecule has 0 saturated heterocycles. The molecule has 94 valence electrons. The Bertz CT molecular complexity index is 533. The van der Waals surface area contributed by atoms with Crippen LogP contribution in [-0.4, -0.2) is 21.3 Å². The Morgan fingerprint density at radius 3 is 2.72 bits per heavy atom. The third kappa shape index (κ3) is 2.16. The number of hydrogen-bond acceptors (Lipinski definition) is 5. The number of aromatic nitrogens is 2. The van der Waals surface area contributed by atoms with Crippen molar-refractivity contribution in [1.29, 1.82) is 0 Å². The number of phenols is 1. The average Bonchev–Trinajstić information content (AvgIpc) is 3.02. The Morgan fingerprint density at radius 1 is 1.17 bits per heavy atom. The molecule has 3 rings (SSSR count). The highest BCUT2D eigenvalue weighted by molar-refractivity contribution is 5.62. The summed E-state index contributed by atoms with van der Waals surface area (Å²) in [6.45, 7) is 0. The first-order valence-corrected chi connectivity index (χ1v) is 6.21. The van der Waals surface area contributed by atoms with Gasteiger partial charge in [-0.05, 0) is 25.0 Å². The van der Waals surface area contributed by atoms with Gasteiger partial charge in [-0.1, -0.05) is 30.1 Å². The molecule has 0 radical (unpaired) electrons. The van der Waals surface area contributed by atoms with Crippen LogP contribution in [0.25, 0.3) is 11.5 Å². The SMILES string of the molecule is Oc1ccccc1-c1nnc(NC2CCCC2)o1. The zero-order valence-corrected chi connectivity index (χ0v) is 9.97. The number of nitrogens with zero attached hydrogens (tertiary/aromatic N) is 2. The van der Waals surface area contributed by atoms with Gasteiger partial charge < -0.3 is 14.8 Å². The van der Waals surface area contributed by atoms with Crippen molar-refractivity contribution in [3.63, 3.8) is 0 Å². The number of phenolic OH excluding ortho intramolecular Hbond substituents is 1. The van der Waals surface area contributed by atoms with Gasteiger partial charge in [-0.3, -0.25) is 0 Å². The molecule has 0 unspecified atom stereocenters. The average molecular weight is 245 g/mol. The maximum absolute atomic E-state index is 9.71. The van der Waals surface area contributed by atoms with Crippen LogP contribution in [0.1, 0.15) is 25.7 Å². The Hall–Kier alpha value is -2.04. The summed E-state index contributed by atoms with van der Waals surface area (Å²) >= 11 is 0. The molecule has 0 bridgehead atoms. The van der Waals surface area contributed by atoms with Gasteiger partial charge in [0.2, 0.25) is 0 Å². The van der Waals surface area contributed by atoms with Crippen molar-refractivity contribution in [3.05, 3.63) is 24.3 Å². The Kier molecular flexibility index (Phi) is 2.88. The fraction of sp³-hybridized carbons (Fsp3) is 0.385. The Labute approximate surface area is 105 Å². The van der Waals surface area contributed by atoms with E-state index < -0.39 is 0 Å². The Morgan fingerprint density at radius 2 is 1.94 bits per heavy atom. The lowest BCUT2D eigenvalue weighted by Gasteiger charge is -2.07. The Balaban J connectivity index is 1.79. The van der Waals surface area contributed by atoms with Crippen LogP contribution in [0.3, 0.4) is 0 Å². The molecular weight excluding hydrogens is 230 g/mol. The lowest BCUT2D eigenvalue weighted by atomic mass is 10.2. The normalized spacial score (nSPS) is 16.0. The van der Waals surface area contributed by atoms with Crippen LogP contribution in [0, 0.1) is 0 Å². The highest BCUT2D eigenvalue weighted by Crippen LogP contribution is 2.29. The van der Waals surface area contributed by atoms with Crippen molar-refractivity contribution >= 4 is 6.01 Å². The van der Waals surface area contributed by atoms with Crippen molar-refractivity contribution in [2.75, 3.05) is 5.32 Å². The molecule has 18 heavy (non-hydrogen) atoms. The van der Waals surface area contributed by atoms with Crippen molar-refractivity contribution in [2.45, 2.75) is 31.7 Å². The first-order chi connectivity index (χ1) is 8.83. The molecule has 1 fully saturated rings. The number of para-hydroxylation sites is 1. The van der Waals surface area contributed by atoms with E-state index in [-0.39, 0.29) is 5.75 Å². The molecule has 2 N–H and O–H groups in total. The van der Waals surface area contributed by atoms with Crippen LogP contribution in [0.4, 0.5) is 6.01 Å². The van der Waals surface area contributed by atoms with Crippen LogP contribution >= 0.6 is 0 Å². The third-order valence-corrected chi connectivity index (χ3v) is 3.24. The summed E-state index contributed by atoms with van der Waals surface area (Å²) in [5, 5.41) is 20.8. The fourth-order valence-corrected chi connectivity index (χ4v) is 2.29. The number of rotatable bonds is 3. The van der Waals surface area contributed by atoms with Crippen molar-refractivity contribution in [3.8, 4) is 17.2 Å². The summed E-state index contributed by atoms with van der Waals surface area (Å²) < 4.78 is 5.52. The maximum Gasteiger partial charge on any atom is 0.315 e. The minimum Gasteiger partial charge on any atom is -0.507 e. The largest absolute Gasteiger partial charge is 0.507 e. The summed E-state index contributed by atoms with van der Waals surface area (Å²) in [6, 6.07) is 7.80. The monoisotopic (exact) mass is 245 g/mol. The molecule has 5 heteroatoms. The lowest BCUT2D eigenvalue weighted by molar-refractivity contribution is 0.473. The van der Waals surface area contributed by atoms with Gasteiger partial charge in [0.15, 0.2) is 0 Å². The zero-order valence-electron chi connectivity index (χ0n) is 9.97. The van der Waals surface area contributed by atoms with E-state index in [0.717, 1.165) is 12.8 Å². The molecule has 1 heterocycles. The topological polar surface area (TPSA) is 71.2 Å². The van der Waals surface area contributed by atoms with Crippen molar-refractivity contribution in [2.24, 2.45) is 0 Å². The van der Waals surface area contributed by atoms with Crippen LogP contribution in [0.15, 0.2) is 28.7 Å². The number of aromatic hydroxyl groups is 1. The molecule has 1 aliphatic carbocycles. The second-order valence-corrected chi connectivity index (χ2v) is 4.56. The van der Waals surface area contributed by atoms with Crippen molar-refractivity contribution < 1.29 is 9.52 Å². The quantitative estimate of drug-likeness (QED) is 0.870. The van der Waals surface area contributed by atoms with E-state index in [2.05, 4.69) is 15.5 Å². The summed E-state index contributed by atoms with van der Waals surface area (Å²) in [5.74, 6) is 0.488. The van der Waals surface area contributed by atoms with E-state index in [1.165, 1.54) is 12.8 Å². The predicted octanol–water partition coefficient (Wildman–Crippen LogP) is 2.80. The van der Waals surface area contributed by atoms with E-state index >= 15 is 0 Å². The van der Waals surface area contributed by atoms with Crippen LogP contribution in [0.2, 0.25) is 0 Å². The molecule has 0 atom stereocenters. The van der Waals surface area contributed by atoms with Crippen LogP contribution in [-0.2, 0) is 0 Å². The van der Waals surface area contributed by atoms with Gasteiger partial charge in [0, 0.05) is 6.04 Å². The summed E-state index contributed by atoms with van der Waals surface area (Å²) in [4.78, 5) is 0. The summed E-state index contributed by atoms with van der Waals surface area (Å²) in [5.41, 5.74) is 0.560. The second-order valence-electron chi connectivity index (χ2n) is 4.56. The summed E-state index contributed by atoms with van der Waals surface area (Å²) in [6.07, 6.45) is 4.79. The smallest absolute Gasteiger partial charge is 0.315 e. The van der Waals surface area contributed by atoms with Crippen LogP contribution in [0.5, 0.6) is 5.75 Å². The van der Waals surface area contributed by atoms with E-state index in [0.29, 0.717) is 23.5 Å². The molecule has 1 saturated carbocycles. The van der Waals surface area contributed by atoms with Gasteiger partial charge in [-0.15, -0.1) is 5.10 Å². The second kappa shape index (κ2) is 4.68. The van der Waals surface area contributed by atoms with Gasteiger partial charge in [0.1, 0.15) is 5.75 Å². The lowest BCUT2D eigenvalue weighted by Crippen LogP contribution is -2.14. The maximum atomic E-state index is 9.71. The van der Waals surface area contributed by atoms with E-state index in [1.54, 1.807) is 18.2 Å². The number of nitrogens with one attached hydrogen (secondary N) is 1. The predicted molar refractivity (Wildman–Crippen MR) is 67.3 cm³/mol. The minimum atomic E-state index is 0.147. The number of benzene rings is 1. The zero-order chi connectivity index (χ0) is 12.4. The van der Waals surface area contributed by atoms with Gasteiger partial charge in [-0.2, -0.15) is 0 Å². The molecule has 5 nitrogen and oxygen atoms in total. The highest BCUT2D eigenvalue weighted by atomic mass is 16.4. The molecular formula is C13H15N3O2. The molecule has 0 amide bonds. The van der Waals surface area contributed by atoms with Crippen LogP contribution < -0.4 is 5.32 Å². The highest BCUT2D eigenvalue weighted by Gasteiger charge is 2.18. The summed E-state index contributed by atoms with van der Waals surface area (Å²) in [7, 11) is 0. The molecule has 0 aliphatic heterocycles. The van der Waals surface area contributed by atoms with Crippen molar-refractivity contribution in [1.82, 2.24) is 10.2 Å². The first-order valence-electron chi connectivity index (χ1n) is 6.21. The minimum absolute atomic E-state index is 0.147. The first kappa shape index (κ1) is 11.1. The number of anilines is 1. The van der Waals surface area contributed by atoms with Gasteiger partial charge in [-0.25, -0.2) is 0 Å². The number of hydrogen-bond donors (Lipinski definition) is 2. The van der Waals surface area contributed by atoms with E-state index in [4.69, 9.17) is 4.42 Å². The fourth-order valence-electron chi connectivity index (χ4n) is 2.29. The van der Waals surface area contributed by atoms with Gasteiger partial charge in [0.05, 0.1) is 5.56 Å². The van der Waals surface area contributed by atoms with Gasteiger partial charge in [0.25, 0.3) is 5.89 Å². The molecule has 0 spiro atoms. The molecule has 1 aliphatic rings.